The van der Waals surface area contributed by atoms with Crippen LogP contribution in [-0.4, -0.2) is 18.7 Å². The van der Waals surface area contributed by atoms with Crippen LogP contribution in [0.2, 0.25) is 0 Å². The fourth-order valence-corrected chi connectivity index (χ4v) is 2.63. The van der Waals surface area contributed by atoms with Crippen molar-refractivity contribution >= 4 is 17.9 Å². The normalized spacial score (nSPS) is 14.2. The summed E-state index contributed by atoms with van der Waals surface area (Å²) in [5.74, 6) is 1.17. The van der Waals surface area contributed by atoms with Crippen molar-refractivity contribution < 1.29 is 14.0 Å². The largest absolute Gasteiger partial charge is 0.453 e. The molecule has 4 nitrogen and oxygen atoms in total. The monoisotopic (exact) mass is 269 g/mol. The SMILES string of the molecule is CCN1C(=O)CCc2cc(-c3ccc(C=O)o3)ccc21. The van der Waals surface area contributed by atoms with Gasteiger partial charge in [-0.2, -0.15) is 0 Å². The third-order valence-electron chi connectivity index (χ3n) is 3.62. The molecule has 20 heavy (non-hydrogen) atoms. The molecule has 0 spiro atoms. The van der Waals surface area contributed by atoms with Crippen LogP contribution in [0.25, 0.3) is 11.3 Å². The number of furan rings is 1. The fraction of sp³-hybridized carbons (Fsp3) is 0.250. The summed E-state index contributed by atoms with van der Waals surface area (Å²) in [6.45, 7) is 2.66. The van der Waals surface area contributed by atoms with Crippen LogP contribution in [0.15, 0.2) is 34.7 Å². The number of rotatable bonds is 3. The lowest BCUT2D eigenvalue weighted by Crippen LogP contribution is -2.34. The first-order chi connectivity index (χ1) is 9.72. The number of aryl methyl sites for hydroxylation is 1. The number of fused-ring (bicyclic) bond motifs is 1. The predicted molar refractivity (Wildman–Crippen MR) is 75.9 cm³/mol. The molecule has 0 N–H and O–H groups in total. The lowest BCUT2D eigenvalue weighted by Gasteiger charge is -2.28. The molecule has 0 radical (unpaired) electrons. The van der Waals surface area contributed by atoms with Gasteiger partial charge in [-0.05, 0) is 49.2 Å². The quantitative estimate of drug-likeness (QED) is 0.805. The maximum Gasteiger partial charge on any atom is 0.227 e. The third kappa shape index (κ3) is 2.03. The van der Waals surface area contributed by atoms with Gasteiger partial charge in [0.05, 0.1) is 0 Å². The highest BCUT2D eigenvalue weighted by molar-refractivity contribution is 5.96. The molecule has 2 aromatic rings. The zero-order chi connectivity index (χ0) is 14.1. The average Bonchev–Trinajstić information content (AvgIpc) is 2.95. The number of hydrogen-bond acceptors (Lipinski definition) is 3. The van der Waals surface area contributed by atoms with Crippen LogP contribution in [0.3, 0.4) is 0 Å². The van der Waals surface area contributed by atoms with Gasteiger partial charge in [0.2, 0.25) is 5.91 Å². The van der Waals surface area contributed by atoms with E-state index in [1.807, 2.05) is 30.0 Å². The Labute approximate surface area is 117 Å². The topological polar surface area (TPSA) is 50.5 Å². The van der Waals surface area contributed by atoms with Crippen LogP contribution >= 0.6 is 0 Å². The first kappa shape index (κ1) is 12.7. The number of carbonyl (C=O) groups excluding carboxylic acids is 2. The Bertz CT molecular complexity index is 672. The minimum atomic E-state index is 0.175. The molecule has 0 aliphatic carbocycles. The highest BCUT2D eigenvalue weighted by Gasteiger charge is 2.23. The molecular weight excluding hydrogens is 254 g/mol. The molecule has 1 aliphatic rings. The van der Waals surface area contributed by atoms with Crippen LogP contribution in [0, 0.1) is 0 Å². The van der Waals surface area contributed by atoms with Crippen LogP contribution < -0.4 is 4.90 Å². The molecule has 102 valence electrons. The lowest BCUT2D eigenvalue weighted by atomic mass is 9.98. The Kier molecular flexibility index (Phi) is 3.14. The maximum atomic E-state index is 11.9. The molecule has 2 heterocycles. The van der Waals surface area contributed by atoms with E-state index < -0.39 is 0 Å². The van der Waals surface area contributed by atoms with Crippen molar-refractivity contribution in [2.75, 3.05) is 11.4 Å². The molecule has 1 aromatic heterocycles. The second-order valence-corrected chi connectivity index (χ2v) is 4.80. The Morgan fingerprint density at radius 2 is 2.10 bits per heavy atom. The molecule has 4 heteroatoms. The Morgan fingerprint density at radius 3 is 2.80 bits per heavy atom. The van der Waals surface area contributed by atoms with Gasteiger partial charge in [0.25, 0.3) is 0 Å². The Balaban J connectivity index is 2.01. The minimum Gasteiger partial charge on any atom is -0.453 e. The smallest absolute Gasteiger partial charge is 0.227 e. The predicted octanol–water partition coefficient (Wildman–Crippen LogP) is 3.06. The van der Waals surface area contributed by atoms with E-state index in [4.69, 9.17) is 4.42 Å². The van der Waals surface area contributed by atoms with E-state index in [2.05, 4.69) is 0 Å². The van der Waals surface area contributed by atoms with Gasteiger partial charge in [-0.15, -0.1) is 0 Å². The second-order valence-electron chi connectivity index (χ2n) is 4.80. The first-order valence-electron chi connectivity index (χ1n) is 6.71. The van der Waals surface area contributed by atoms with Gasteiger partial charge in [-0.25, -0.2) is 0 Å². The summed E-state index contributed by atoms with van der Waals surface area (Å²) in [4.78, 5) is 24.3. The second kappa shape index (κ2) is 4.96. The Hall–Kier alpha value is -2.36. The third-order valence-corrected chi connectivity index (χ3v) is 3.62. The van der Waals surface area contributed by atoms with Crippen molar-refractivity contribution in [3.63, 3.8) is 0 Å². The van der Waals surface area contributed by atoms with Crippen LogP contribution in [0.5, 0.6) is 0 Å². The van der Waals surface area contributed by atoms with E-state index in [1.54, 1.807) is 12.1 Å². The van der Waals surface area contributed by atoms with E-state index >= 15 is 0 Å². The van der Waals surface area contributed by atoms with Crippen molar-refractivity contribution in [1.29, 1.82) is 0 Å². The number of nitrogens with zero attached hydrogens (tertiary/aromatic N) is 1. The number of hydrogen-bond donors (Lipinski definition) is 0. The molecule has 0 bridgehead atoms. The van der Waals surface area contributed by atoms with Crippen molar-refractivity contribution in [2.45, 2.75) is 19.8 Å². The van der Waals surface area contributed by atoms with Crippen molar-refractivity contribution in [2.24, 2.45) is 0 Å². The molecule has 0 saturated carbocycles. The number of anilines is 1. The molecule has 0 fully saturated rings. The van der Waals surface area contributed by atoms with Gasteiger partial charge >= 0.3 is 0 Å². The summed E-state index contributed by atoms with van der Waals surface area (Å²) in [5, 5.41) is 0. The van der Waals surface area contributed by atoms with Crippen molar-refractivity contribution in [3.05, 3.63) is 41.7 Å². The molecule has 1 amide bonds. The van der Waals surface area contributed by atoms with E-state index in [9.17, 15) is 9.59 Å². The fourth-order valence-electron chi connectivity index (χ4n) is 2.63. The summed E-state index contributed by atoms with van der Waals surface area (Å²) in [6.07, 6.45) is 1.99. The standard InChI is InChI=1S/C16H15NO3/c1-2-17-14-6-3-12(9-11(14)4-8-16(17)19)15-7-5-13(10-18)20-15/h3,5-7,9-10H,2,4,8H2,1H3. The minimum absolute atomic E-state index is 0.175. The molecule has 3 rings (SSSR count). The molecule has 0 saturated heterocycles. The highest BCUT2D eigenvalue weighted by atomic mass is 16.3. The summed E-state index contributed by atoms with van der Waals surface area (Å²) in [7, 11) is 0. The van der Waals surface area contributed by atoms with Gasteiger partial charge in [0.1, 0.15) is 5.76 Å². The highest BCUT2D eigenvalue weighted by Crippen LogP contribution is 2.32. The molecule has 0 unspecified atom stereocenters. The van der Waals surface area contributed by atoms with E-state index in [0.29, 0.717) is 30.8 Å². The number of aldehydes is 1. The molecule has 1 aromatic carbocycles. The maximum absolute atomic E-state index is 11.9. The van der Waals surface area contributed by atoms with E-state index in [-0.39, 0.29) is 5.91 Å². The van der Waals surface area contributed by atoms with Gasteiger partial charge in [-0.1, -0.05) is 0 Å². The van der Waals surface area contributed by atoms with Crippen LogP contribution in [0.1, 0.15) is 29.5 Å². The van der Waals surface area contributed by atoms with Gasteiger partial charge < -0.3 is 9.32 Å². The molecule has 1 aliphatic heterocycles. The van der Waals surface area contributed by atoms with E-state index in [0.717, 1.165) is 23.2 Å². The Morgan fingerprint density at radius 1 is 1.25 bits per heavy atom. The van der Waals surface area contributed by atoms with Crippen molar-refractivity contribution in [1.82, 2.24) is 0 Å². The zero-order valence-corrected chi connectivity index (χ0v) is 11.3. The number of amides is 1. The van der Waals surface area contributed by atoms with E-state index in [1.165, 1.54) is 0 Å². The lowest BCUT2D eigenvalue weighted by molar-refractivity contribution is -0.118. The van der Waals surface area contributed by atoms with Crippen LogP contribution in [-0.2, 0) is 11.2 Å². The van der Waals surface area contributed by atoms with Crippen LogP contribution in [0.4, 0.5) is 5.69 Å². The summed E-state index contributed by atoms with van der Waals surface area (Å²) in [5.41, 5.74) is 3.06. The van der Waals surface area contributed by atoms with Gasteiger partial charge in [0, 0.05) is 24.2 Å². The average molecular weight is 269 g/mol. The van der Waals surface area contributed by atoms with Gasteiger partial charge in [-0.3, -0.25) is 9.59 Å². The number of carbonyl (C=O) groups is 2. The number of benzene rings is 1. The van der Waals surface area contributed by atoms with Gasteiger partial charge in [0.15, 0.2) is 12.0 Å². The van der Waals surface area contributed by atoms with Crippen molar-refractivity contribution in [3.8, 4) is 11.3 Å². The summed E-state index contributed by atoms with van der Waals surface area (Å²) in [6, 6.07) is 9.36. The molecular formula is C16H15NO3. The molecule has 0 atom stereocenters. The summed E-state index contributed by atoms with van der Waals surface area (Å²) >= 11 is 0. The summed E-state index contributed by atoms with van der Waals surface area (Å²) < 4.78 is 5.44. The first-order valence-corrected chi connectivity index (χ1v) is 6.71. The zero-order valence-electron chi connectivity index (χ0n) is 11.3.